The van der Waals surface area contributed by atoms with Gasteiger partial charge in [0.2, 0.25) is 0 Å². The Labute approximate surface area is 119 Å². The first kappa shape index (κ1) is 13.9. The lowest BCUT2D eigenvalue weighted by molar-refractivity contribution is 0.201. The second-order valence-corrected chi connectivity index (χ2v) is 5.01. The fourth-order valence-corrected chi connectivity index (χ4v) is 2.39. The Balaban J connectivity index is 2.24. The third-order valence-corrected chi connectivity index (χ3v) is 3.57. The van der Waals surface area contributed by atoms with Crippen molar-refractivity contribution in [2.75, 3.05) is 4.90 Å². The van der Waals surface area contributed by atoms with Crippen molar-refractivity contribution in [2.45, 2.75) is 6.54 Å². The van der Waals surface area contributed by atoms with Crippen LogP contribution in [0.25, 0.3) is 0 Å². The van der Waals surface area contributed by atoms with Gasteiger partial charge in [0.05, 0.1) is 6.54 Å². The molecule has 1 aromatic heterocycles. The molecule has 0 bridgehead atoms. The van der Waals surface area contributed by atoms with Crippen molar-refractivity contribution in [3.05, 3.63) is 52.2 Å². The number of anilines is 1. The van der Waals surface area contributed by atoms with E-state index < -0.39 is 6.09 Å². The SMILES string of the molecule is N/C(=N/O)c1ccc(N(Cc2cccs2)C(=O)O)cc1. The number of hydrogen-bond donors (Lipinski definition) is 3. The van der Waals surface area contributed by atoms with E-state index in [-0.39, 0.29) is 12.4 Å². The molecule has 1 aromatic carbocycles. The first-order valence-corrected chi connectivity index (χ1v) is 6.60. The highest BCUT2D eigenvalue weighted by molar-refractivity contribution is 7.09. The van der Waals surface area contributed by atoms with E-state index in [0.717, 1.165) is 4.88 Å². The van der Waals surface area contributed by atoms with Gasteiger partial charge in [0.1, 0.15) is 0 Å². The zero-order chi connectivity index (χ0) is 14.5. The van der Waals surface area contributed by atoms with E-state index >= 15 is 0 Å². The van der Waals surface area contributed by atoms with E-state index in [1.807, 2.05) is 17.5 Å². The van der Waals surface area contributed by atoms with E-state index in [2.05, 4.69) is 5.16 Å². The number of carboxylic acid groups (broad SMARTS) is 1. The van der Waals surface area contributed by atoms with Gasteiger partial charge in [-0.05, 0) is 35.7 Å². The van der Waals surface area contributed by atoms with Crippen LogP contribution in [-0.4, -0.2) is 22.2 Å². The van der Waals surface area contributed by atoms with Crippen molar-refractivity contribution >= 4 is 29.0 Å². The molecule has 0 aliphatic heterocycles. The Morgan fingerprint density at radius 3 is 2.50 bits per heavy atom. The molecular formula is C13H13N3O3S. The Morgan fingerprint density at radius 2 is 2.00 bits per heavy atom. The third-order valence-electron chi connectivity index (χ3n) is 2.71. The molecule has 0 radical (unpaired) electrons. The molecule has 0 aliphatic rings. The molecule has 0 fully saturated rings. The number of thiophene rings is 1. The predicted molar refractivity (Wildman–Crippen MR) is 77.5 cm³/mol. The van der Waals surface area contributed by atoms with Crippen LogP contribution in [0.5, 0.6) is 0 Å². The number of oxime groups is 1. The van der Waals surface area contributed by atoms with Gasteiger partial charge in [-0.1, -0.05) is 11.2 Å². The summed E-state index contributed by atoms with van der Waals surface area (Å²) in [6.45, 7) is 0.288. The fourth-order valence-electron chi connectivity index (χ4n) is 1.70. The molecule has 1 heterocycles. The highest BCUT2D eigenvalue weighted by Gasteiger charge is 2.15. The Morgan fingerprint density at radius 1 is 1.30 bits per heavy atom. The summed E-state index contributed by atoms with van der Waals surface area (Å²) < 4.78 is 0. The van der Waals surface area contributed by atoms with Crippen LogP contribution >= 0.6 is 11.3 Å². The number of rotatable bonds is 4. The number of hydrogen-bond acceptors (Lipinski definition) is 4. The minimum absolute atomic E-state index is 0.0170. The number of nitrogens with two attached hydrogens (primary N) is 1. The quantitative estimate of drug-likeness (QED) is 0.349. The van der Waals surface area contributed by atoms with Gasteiger partial charge in [0, 0.05) is 16.1 Å². The predicted octanol–water partition coefficient (Wildman–Crippen LogP) is 2.53. The third kappa shape index (κ3) is 3.07. The van der Waals surface area contributed by atoms with Gasteiger partial charge >= 0.3 is 6.09 Å². The summed E-state index contributed by atoms with van der Waals surface area (Å²) in [6.07, 6.45) is -1.03. The van der Waals surface area contributed by atoms with Crippen LogP contribution in [0.2, 0.25) is 0 Å². The van der Waals surface area contributed by atoms with Gasteiger partial charge in [-0.15, -0.1) is 11.3 Å². The molecule has 0 atom stereocenters. The maximum atomic E-state index is 11.3. The van der Waals surface area contributed by atoms with E-state index in [1.165, 1.54) is 16.2 Å². The Kier molecular flexibility index (Phi) is 4.21. The number of carbonyl (C=O) groups is 1. The van der Waals surface area contributed by atoms with E-state index in [0.29, 0.717) is 11.3 Å². The number of amides is 1. The van der Waals surface area contributed by atoms with Crippen LogP contribution in [0, 0.1) is 0 Å². The summed E-state index contributed by atoms with van der Waals surface area (Å²) in [5.41, 5.74) is 6.52. The fraction of sp³-hybridized carbons (Fsp3) is 0.0769. The summed E-state index contributed by atoms with van der Waals surface area (Å²) in [6, 6.07) is 10.2. The second kappa shape index (κ2) is 6.07. The molecular weight excluding hydrogens is 278 g/mol. The molecule has 20 heavy (non-hydrogen) atoms. The second-order valence-electron chi connectivity index (χ2n) is 3.98. The van der Waals surface area contributed by atoms with Crippen LogP contribution in [0.3, 0.4) is 0 Å². The minimum Gasteiger partial charge on any atom is -0.465 e. The maximum absolute atomic E-state index is 11.3. The zero-order valence-corrected chi connectivity index (χ0v) is 11.2. The van der Waals surface area contributed by atoms with Crippen molar-refractivity contribution in [2.24, 2.45) is 10.9 Å². The molecule has 0 saturated carbocycles. The topological polar surface area (TPSA) is 99.2 Å². The van der Waals surface area contributed by atoms with Gasteiger partial charge in [-0.25, -0.2) is 4.79 Å². The van der Waals surface area contributed by atoms with Crippen molar-refractivity contribution in [1.82, 2.24) is 0 Å². The van der Waals surface area contributed by atoms with Crippen LogP contribution in [0.4, 0.5) is 10.5 Å². The molecule has 2 rings (SSSR count). The highest BCUT2D eigenvalue weighted by atomic mass is 32.1. The van der Waals surface area contributed by atoms with Gasteiger partial charge in [0.25, 0.3) is 0 Å². The van der Waals surface area contributed by atoms with Crippen LogP contribution < -0.4 is 10.6 Å². The van der Waals surface area contributed by atoms with Crippen LogP contribution in [0.15, 0.2) is 46.9 Å². The normalized spacial score (nSPS) is 11.3. The summed E-state index contributed by atoms with van der Waals surface area (Å²) >= 11 is 1.50. The van der Waals surface area contributed by atoms with Crippen molar-refractivity contribution in [3.63, 3.8) is 0 Å². The summed E-state index contributed by atoms with van der Waals surface area (Å²) in [7, 11) is 0. The largest absolute Gasteiger partial charge is 0.465 e. The lowest BCUT2D eigenvalue weighted by Crippen LogP contribution is -2.28. The Hall–Kier alpha value is -2.54. The molecule has 6 nitrogen and oxygen atoms in total. The van der Waals surface area contributed by atoms with Crippen molar-refractivity contribution in [3.8, 4) is 0 Å². The number of benzene rings is 1. The molecule has 0 unspecified atom stereocenters. The summed E-state index contributed by atoms with van der Waals surface area (Å²) in [5.74, 6) is -0.0170. The van der Waals surface area contributed by atoms with Gasteiger partial charge in [-0.2, -0.15) is 0 Å². The molecule has 4 N–H and O–H groups in total. The van der Waals surface area contributed by atoms with E-state index in [1.54, 1.807) is 24.3 Å². The average molecular weight is 291 g/mol. The lowest BCUT2D eigenvalue weighted by atomic mass is 10.2. The van der Waals surface area contributed by atoms with Crippen LogP contribution in [-0.2, 0) is 6.54 Å². The maximum Gasteiger partial charge on any atom is 0.412 e. The number of amidine groups is 1. The van der Waals surface area contributed by atoms with Gasteiger partial charge in [0.15, 0.2) is 5.84 Å². The number of nitrogens with zero attached hydrogens (tertiary/aromatic N) is 2. The lowest BCUT2D eigenvalue weighted by Gasteiger charge is -2.18. The van der Waals surface area contributed by atoms with Gasteiger partial charge in [-0.3, -0.25) is 4.90 Å². The summed E-state index contributed by atoms with van der Waals surface area (Å²) in [5, 5.41) is 22.7. The standard InChI is InChI=1S/C13H13N3O3S/c14-12(15-19)9-3-5-10(6-4-9)16(13(17)18)8-11-2-1-7-20-11/h1-7,19H,8H2,(H2,14,15)(H,17,18). The van der Waals surface area contributed by atoms with Crippen molar-refractivity contribution in [1.29, 1.82) is 0 Å². The zero-order valence-electron chi connectivity index (χ0n) is 10.4. The smallest absolute Gasteiger partial charge is 0.412 e. The molecule has 0 spiro atoms. The monoisotopic (exact) mass is 291 g/mol. The first-order valence-electron chi connectivity index (χ1n) is 5.72. The van der Waals surface area contributed by atoms with Crippen LogP contribution in [0.1, 0.15) is 10.4 Å². The Bertz CT molecular complexity index is 608. The average Bonchev–Trinajstić information content (AvgIpc) is 2.97. The molecule has 0 aliphatic carbocycles. The molecule has 1 amide bonds. The minimum atomic E-state index is -1.03. The van der Waals surface area contributed by atoms with Crippen molar-refractivity contribution < 1.29 is 15.1 Å². The molecule has 7 heteroatoms. The summed E-state index contributed by atoms with van der Waals surface area (Å²) in [4.78, 5) is 13.5. The van der Waals surface area contributed by atoms with Gasteiger partial charge < -0.3 is 16.0 Å². The van der Waals surface area contributed by atoms with E-state index in [9.17, 15) is 9.90 Å². The van der Waals surface area contributed by atoms with E-state index in [4.69, 9.17) is 10.9 Å². The molecule has 104 valence electrons. The molecule has 0 saturated heterocycles. The molecule has 2 aromatic rings. The first-order chi connectivity index (χ1) is 9.61. The highest BCUT2D eigenvalue weighted by Crippen LogP contribution is 2.20.